The minimum atomic E-state index is -0.381. The van der Waals surface area contributed by atoms with Gasteiger partial charge in [-0.1, -0.05) is 30.7 Å². The van der Waals surface area contributed by atoms with Crippen molar-refractivity contribution in [3.8, 4) is 0 Å². The van der Waals surface area contributed by atoms with E-state index in [1.807, 2.05) is 38.1 Å². The van der Waals surface area contributed by atoms with Gasteiger partial charge in [0.1, 0.15) is 5.82 Å². The molecule has 6 nitrogen and oxygen atoms in total. The first-order chi connectivity index (χ1) is 13.9. The Bertz CT molecular complexity index is 1120. The van der Waals surface area contributed by atoms with Gasteiger partial charge in [0, 0.05) is 23.1 Å². The fraction of sp³-hybridized carbons (Fsp3) is 0.286. The highest BCUT2D eigenvalue weighted by atomic mass is 79.9. The zero-order valence-corrected chi connectivity index (χ0v) is 18.8. The van der Waals surface area contributed by atoms with Gasteiger partial charge >= 0.3 is 6.03 Å². The van der Waals surface area contributed by atoms with E-state index >= 15 is 0 Å². The number of carbonyl (C=O) groups is 1. The molecule has 0 spiro atoms. The Morgan fingerprint density at radius 1 is 1.28 bits per heavy atom. The fourth-order valence-electron chi connectivity index (χ4n) is 3.31. The molecule has 0 aliphatic heterocycles. The highest BCUT2D eigenvalue weighted by molar-refractivity contribution is 9.10. The molecule has 1 unspecified atom stereocenters. The zero-order valence-electron chi connectivity index (χ0n) is 16.4. The lowest BCUT2D eigenvalue weighted by Gasteiger charge is -2.29. The molecule has 0 radical (unpaired) electrons. The van der Waals surface area contributed by atoms with Crippen LogP contribution >= 0.6 is 27.5 Å². The Morgan fingerprint density at radius 2 is 2.00 bits per heavy atom. The van der Waals surface area contributed by atoms with Gasteiger partial charge in [-0.2, -0.15) is 0 Å². The molecule has 2 amide bonds. The predicted molar refractivity (Wildman–Crippen MR) is 121 cm³/mol. The van der Waals surface area contributed by atoms with Crippen LogP contribution < -0.4 is 10.9 Å². The monoisotopic (exact) mass is 476 g/mol. The number of fused-ring (bicyclic) bond motifs is 1. The van der Waals surface area contributed by atoms with E-state index in [1.165, 1.54) is 0 Å². The summed E-state index contributed by atoms with van der Waals surface area (Å²) in [6, 6.07) is 11.8. The van der Waals surface area contributed by atoms with E-state index in [2.05, 4.69) is 21.2 Å². The van der Waals surface area contributed by atoms with Crippen LogP contribution in [-0.4, -0.2) is 27.5 Å². The molecule has 0 aliphatic carbocycles. The van der Waals surface area contributed by atoms with Crippen molar-refractivity contribution in [2.75, 3.05) is 12.4 Å². The quantitative estimate of drug-likeness (QED) is 0.531. The first-order valence-electron chi connectivity index (χ1n) is 9.35. The number of nitrogens with one attached hydrogen (secondary N) is 1. The van der Waals surface area contributed by atoms with Gasteiger partial charge in [0.15, 0.2) is 0 Å². The summed E-state index contributed by atoms with van der Waals surface area (Å²) in [5.74, 6) is 0.541. The number of benzene rings is 2. The number of para-hydroxylation sites is 1. The average Bonchev–Trinajstić information content (AvgIpc) is 2.70. The van der Waals surface area contributed by atoms with Crippen molar-refractivity contribution in [3.05, 3.63) is 68.1 Å². The normalized spacial score (nSPS) is 12.0. The molecule has 3 rings (SSSR count). The van der Waals surface area contributed by atoms with Crippen LogP contribution in [0.2, 0.25) is 5.02 Å². The highest BCUT2D eigenvalue weighted by Crippen LogP contribution is 2.26. The molecular formula is C21H22BrClN4O2. The molecule has 2 aromatic carbocycles. The van der Waals surface area contributed by atoms with Crippen molar-refractivity contribution in [2.45, 2.75) is 32.9 Å². The van der Waals surface area contributed by atoms with E-state index in [-0.39, 0.29) is 17.6 Å². The standard InChI is InChI=1S/C21H22BrClN4O2/c1-4-18(26(3)21(29)25-16-9-7-6-8-15(16)22)19-24-17-12-13(23)10-11-14(17)20(28)27(19)5-2/h6-12,18H,4-5H2,1-3H3,(H,25,29). The second kappa shape index (κ2) is 8.97. The molecule has 3 aromatic rings. The molecule has 0 saturated carbocycles. The van der Waals surface area contributed by atoms with Crippen LogP contribution in [0, 0.1) is 0 Å². The topological polar surface area (TPSA) is 67.2 Å². The second-order valence-electron chi connectivity index (χ2n) is 6.63. The smallest absolute Gasteiger partial charge is 0.317 e. The van der Waals surface area contributed by atoms with Gasteiger partial charge in [-0.3, -0.25) is 9.36 Å². The van der Waals surface area contributed by atoms with Crippen LogP contribution in [0.15, 0.2) is 51.7 Å². The third-order valence-corrected chi connectivity index (χ3v) is 5.78. The number of hydrogen-bond donors (Lipinski definition) is 1. The molecule has 0 bridgehead atoms. The number of halogens is 2. The van der Waals surface area contributed by atoms with Gasteiger partial charge in [-0.05, 0) is 59.6 Å². The van der Waals surface area contributed by atoms with Crippen LogP contribution in [0.1, 0.15) is 32.1 Å². The summed E-state index contributed by atoms with van der Waals surface area (Å²) in [6.45, 7) is 4.30. The van der Waals surface area contributed by atoms with Crippen LogP contribution in [-0.2, 0) is 6.54 Å². The summed E-state index contributed by atoms with van der Waals surface area (Å²) in [5, 5.41) is 3.92. The number of urea groups is 1. The third kappa shape index (κ3) is 4.31. The lowest BCUT2D eigenvalue weighted by Crippen LogP contribution is -2.38. The number of aromatic nitrogens is 2. The van der Waals surface area contributed by atoms with Gasteiger partial charge in [0.05, 0.1) is 22.6 Å². The summed E-state index contributed by atoms with van der Waals surface area (Å²) in [7, 11) is 1.70. The highest BCUT2D eigenvalue weighted by Gasteiger charge is 2.26. The van der Waals surface area contributed by atoms with E-state index in [0.717, 1.165) is 4.47 Å². The van der Waals surface area contributed by atoms with Crippen LogP contribution in [0.3, 0.4) is 0 Å². The van der Waals surface area contributed by atoms with Crippen LogP contribution in [0.4, 0.5) is 10.5 Å². The Hall–Kier alpha value is -2.38. The maximum atomic E-state index is 13.0. The fourth-order valence-corrected chi connectivity index (χ4v) is 3.86. The number of hydrogen-bond acceptors (Lipinski definition) is 3. The van der Waals surface area contributed by atoms with Gasteiger partial charge in [-0.15, -0.1) is 0 Å². The Kier molecular flexibility index (Phi) is 6.59. The van der Waals surface area contributed by atoms with Crippen molar-refractivity contribution in [3.63, 3.8) is 0 Å². The minimum absolute atomic E-state index is 0.137. The maximum Gasteiger partial charge on any atom is 0.322 e. The molecule has 8 heteroatoms. The SMILES string of the molecule is CCC(c1nc2cc(Cl)ccc2c(=O)n1CC)N(C)C(=O)Nc1ccccc1Br. The first kappa shape index (κ1) is 21.3. The molecule has 29 heavy (non-hydrogen) atoms. The van der Waals surface area contributed by atoms with E-state index < -0.39 is 0 Å². The molecule has 152 valence electrons. The van der Waals surface area contributed by atoms with Gasteiger partial charge in [-0.25, -0.2) is 9.78 Å². The van der Waals surface area contributed by atoms with E-state index in [0.29, 0.717) is 40.4 Å². The first-order valence-corrected chi connectivity index (χ1v) is 10.5. The minimum Gasteiger partial charge on any atom is -0.317 e. The molecule has 0 saturated heterocycles. The Balaban J connectivity index is 2.02. The number of amides is 2. The van der Waals surface area contributed by atoms with Crippen molar-refractivity contribution in [1.29, 1.82) is 0 Å². The lowest BCUT2D eigenvalue weighted by atomic mass is 10.1. The molecule has 1 N–H and O–H groups in total. The lowest BCUT2D eigenvalue weighted by molar-refractivity contribution is 0.198. The van der Waals surface area contributed by atoms with Gasteiger partial charge in [0.2, 0.25) is 0 Å². The largest absolute Gasteiger partial charge is 0.322 e. The number of anilines is 1. The summed E-state index contributed by atoms with van der Waals surface area (Å²) in [5.41, 5.74) is 1.06. The summed E-state index contributed by atoms with van der Waals surface area (Å²) in [6.07, 6.45) is 0.596. The molecule has 1 atom stereocenters. The van der Waals surface area contributed by atoms with Crippen molar-refractivity contribution in [1.82, 2.24) is 14.5 Å². The molecule has 0 fully saturated rings. The zero-order chi connectivity index (χ0) is 21.1. The van der Waals surface area contributed by atoms with Crippen molar-refractivity contribution in [2.24, 2.45) is 0 Å². The van der Waals surface area contributed by atoms with Crippen LogP contribution in [0.5, 0.6) is 0 Å². The van der Waals surface area contributed by atoms with E-state index in [1.54, 1.807) is 34.7 Å². The third-order valence-electron chi connectivity index (χ3n) is 4.85. The number of carbonyl (C=O) groups excluding carboxylic acids is 1. The maximum absolute atomic E-state index is 13.0. The summed E-state index contributed by atoms with van der Waals surface area (Å²) in [4.78, 5) is 32.2. The average molecular weight is 478 g/mol. The molecule has 1 aromatic heterocycles. The molecule has 1 heterocycles. The second-order valence-corrected chi connectivity index (χ2v) is 7.92. The van der Waals surface area contributed by atoms with Gasteiger partial charge in [0.25, 0.3) is 5.56 Å². The summed E-state index contributed by atoms with van der Waals surface area (Å²) < 4.78 is 2.41. The van der Waals surface area contributed by atoms with Gasteiger partial charge < -0.3 is 10.2 Å². The Labute approximate surface area is 182 Å². The van der Waals surface area contributed by atoms with E-state index in [9.17, 15) is 9.59 Å². The Morgan fingerprint density at radius 3 is 2.66 bits per heavy atom. The van der Waals surface area contributed by atoms with Crippen molar-refractivity contribution < 1.29 is 4.79 Å². The number of nitrogens with zero attached hydrogens (tertiary/aromatic N) is 3. The molecular weight excluding hydrogens is 456 g/mol. The van der Waals surface area contributed by atoms with Crippen molar-refractivity contribution >= 4 is 50.2 Å². The molecule has 0 aliphatic rings. The van der Waals surface area contributed by atoms with E-state index in [4.69, 9.17) is 16.6 Å². The van der Waals surface area contributed by atoms with Crippen LogP contribution in [0.25, 0.3) is 10.9 Å². The number of rotatable bonds is 5. The summed E-state index contributed by atoms with van der Waals surface area (Å²) >= 11 is 9.54. The predicted octanol–water partition coefficient (Wildman–Crippen LogP) is 5.45.